The second kappa shape index (κ2) is 13.4. The third-order valence-corrected chi connectivity index (χ3v) is 4.40. The third kappa shape index (κ3) is 9.61. The first-order valence-corrected chi connectivity index (χ1v) is 9.36. The van der Waals surface area contributed by atoms with Crippen molar-refractivity contribution >= 4 is 0 Å². The van der Waals surface area contributed by atoms with Crippen LogP contribution in [0.2, 0.25) is 0 Å². The normalized spacial score (nSPS) is 10.5. The molecule has 0 saturated heterocycles. The molecule has 0 saturated carbocycles. The zero-order valence-corrected chi connectivity index (χ0v) is 14.4. The van der Waals surface area contributed by atoms with E-state index in [1.54, 1.807) is 0 Å². The molecule has 0 N–H and O–H groups in total. The average molecular weight is 300 g/mol. The fourth-order valence-electron chi connectivity index (χ4n) is 2.92. The van der Waals surface area contributed by atoms with Crippen LogP contribution in [0.3, 0.4) is 0 Å². The van der Waals surface area contributed by atoms with Gasteiger partial charge in [0.25, 0.3) is 0 Å². The van der Waals surface area contributed by atoms with Gasteiger partial charge in [0.15, 0.2) is 0 Å². The minimum absolute atomic E-state index is 0.762. The minimum Gasteiger partial charge on any atom is -0.192 e. The Bertz CT molecular complexity index is 399. The fourth-order valence-corrected chi connectivity index (χ4v) is 2.92. The molecule has 1 aromatic carbocycles. The molecule has 1 nitrogen and oxygen atoms in total. The molecule has 0 aliphatic heterocycles. The van der Waals surface area contributed by atoms with E-state index in [1.807, 2.05) is 12.1 Å². The summed E-state index contributed by atoms with van der Waals surface area (Å²) in [5.41, 5.74) is 2.13. The lowest BCUT2D eigenvalue weighted by atomic mass is 10.0. The minimum atomic E-state index is 0.762. The van der Waals surface area contributed by atoms with Gasteiger partial charge in [-0.05, 0) is 30.5 Å². The number of rotatable bonds is 13. The van der Waals surface area contributed by atoms with Gasteiger partial charge in [0.2, 0.25) is 0 Å². The van der Waals surface area contributed by atoms with Gasteiger partial charge < -0.3 is 0 Å². The Labute approximate surface area is 137 Å². The maximum absolute atomic E-state index is 8.77. The van der Waals surface area contributed by atoms with Crippen LogP contribution in [0.5, 0.6) is 0 Å². The van der Waals surface area contributed by atoms with Crippen molar-refractivity contribution in [3.63, 3.8) is 0 Å². The quantitative estimate of drug-likeness (QED) is 0.367. The molecule has 1 heteroatoms. The highest BCUT2D eigenvalue weighted by molar-refractivity contribution is 5.31. The molecule has 0 radical (unpaired) electrons. The van der Waals surface area contributed by atoms with Crippen molar-refractivity contribution in [2.75, 3.05) is 0 Å². The van der Waals surface area contributed by atoms with Gasteiger partial charge in [0.05, 0.1) is 11.6 Å². The van der Waals surface area contributed by atoms with Crippen LogP contribution in [-0.4, -0.2) is 0 Å². The highest BCUT2D eigenvalue weighted by Crippen LogP contribution is 2.13. The monoisotopic (exact) mass is 299 g/mol. The van der Waals surface area contributed by atoms with E-state index in [0.29, 0.717) is 0 Å². The van der Waals surface area contributed by atoms with Crippen LogP contribution in [0.25, 0.3) is 0 Å². The Hall–Kier alpha value is -1.29. The topological polar surface area (TPSA) is 23.8 Å². The van der Waals surface area contributed by atoms with Crippen LogP contribution in [0.1, 0.15) is 95.1 Å². The Kier molecular flexibility index (Phi) is 11.4. The molecule has 0 aromatic heterocycles. The largest absolute Gasteiger partial charge is 0.192 e. The van der Waals surface area contributed by atoms with E-state index in [-0.39, 0.29) is 0 Å². The Morgan fingerprint density at radius 3 is 1.59 bits per heavy atom. The summed E-state index contributed by atoms with van der Waals surface area (Å²) in [6.45, 7) is 2.28. The first kappa shape index (κ1) is 18.8. The molecule has 0 heterocycles. The number of nitriles is 1. The molecule has 22 heavy (non-hydrogen) atoms. The van der Waals surface area contributed by atoms with Crippen molar-refractivity contribution in [2.45, 2.75) is 90.4 Å². The zero-order valence-electron chi connectivity index (χ0n) is 14.4. The molecule has 0 fully saturated rings. The van der Waals surface area contributed by atoms with Gasteiger partial charge in [-0.1, -0.05) is 89.7 Å². The van der Waals surface area contributed by atoms with Gasteiger partial charge in [-0.25, -0.2) is 0 Å². The molecule has 0 aliphatic carbocycles. The molecule has 0 spiro atoms. The smallest absolute Gasteiger partial charge is 0.0991 e. The molecule has 0 amide bonds. The molecule has 0 unspecified atom stereocenters. The Morgan fingerprint density at radius 1 is 0.682 bits per heavy atom. The maximum atomic E-state index is 8.77. The number of aryl methyl sites for hydroxylation is 1. The van der Waals surface area contributed by atoms with Crippen molar-refractivity contribution in [1.82, 2.24) is 0 Å². The van der Waals surface area contributed by atoms with Crippen LogP contribution >= 0.6 is 0 Å². The molecule has 0 bridgehead atoms. The summed E-state index contributed by atoms with van der Waals surface area (Å²) in [5.74, 6) is 0. The van der Waals surface area contributed by atoms with Crippen LogP contribution in [0.15, 0.2) is 24.3 Å². The van der Waals surface area contributed by atoms with Gasteiger partial charge in [-0.15, -0.1) is 0 Å². The summed E-state index contributed by atoms with van der Waals surface area (Å²) in [6.07, 6.45) is 17.9. The van der Waals surface area contributed by atoms with Gasteiger partial charge in [0, 0.05) is 0 Å². The molecule has 1 aromatic rings. The molecule has 0 aliphatic rings. The van der Waals surface area contributed by atoms with Gasteiger partial charge in [-0.3, -0.25) is 0 Å². The number of hydrogen-bond acceptors (Lipinski definition) is 1. The zero-order chi connectivity index (χ0) is 15.9. The summed E-state index contributed by atoms with van der Waals surface area (Å²) in [4.78, 5) is 0. The Morgan fingerprint density at radius 2 is 1.14 bits per heavy atom. The average Bonchev–Trinajstić information content (AvgIpc) is 2.56. The standard InChI is InChI=1S/C21H33N/c1-2-3-4-5-6-7-8-9-10-11-12-13-14-20-15-17-21(19-22)18-16-20/h15-18H,2-14H2,1H3. The van der Waals surface area contributed by atoms with Crippen molar-refractivity contribution in [3.8, 4) is 6.07 Å². The first-order chi connectivity index (χ1) is 10.9. The number of hydrogen-bond donors (Lipinski definition) is 0. The van der Waals surface area contributed by atoms with E-state index in [4.69, 9.17) is 5.26 Å². The van der Waals surface area contributed by atoms with Crippen LogP contribution in [0, 0.1) is 11.3 Å². The predicted molar refractivity (Wildman–Crippen MR) is 95.9 cm³/mol. The summed E-state index contributed by atoms with van der Waals surface area (Å²) in [7, 11) is 0. The second-order valence-electron chi connectivity index (χ2n) is 6.45. The lowest BCUT2D eigenvalue weighted by molar-refractivity contribution is 0.544. The summed E-state index contributed by atoms with van der Waals surface area (Å²) in [5, 5.41) is 8.77. The first-order valence-electron chi connectivity index (χ1n) is 9.36. The molecule has 1 rings (SSSR count). The van der Waals surface area contributed by atoms with Crippen molar-refractivity contribution in [2.24, 2.45) is 0 Å². The fraction of sp³-hybridized carbons (Fsp3) is 0.667. The number of nitrogens with zero attached hydrogens (tertiary/aromatic N) is 1. The Balaban J connectivity index is 1.86. The van der Waals surface area contributed by atoms with E-state index in [2.05, 4.69) is 25.1 Å². The lowest BCUT2D eigenvalue weighted by Gasteiger charge is -2.03. The molecular formula is C21H33N. The molecular weight excluding hydrogens is 266 g/mol. The van der Waals surface area contributed by atoms with Gasteiger partial charge in [-0.2, -0.15) is 5.26 Å². The van der Waals surface area contributed by atoms with Crippen LogP contribution < -0.4 is 0 Å². The van der Waals surface area contributed by atoms with Gasteiger partial charge >= 0.3 is 0 Å². The molecule has 122 valence electrons. The highest BCUT2D eigenvalue weighted by Gasteiger charge is 1.96. The van der Waals surface area contributed by atoms with Crippen molar-refractivity contribution in [3.05, 3.63) is 35.4 Å². The maximum Gasteiger partial charge on any atom is 0.0991 e. The summed E-state index contributed by atoms with van der Waals surface area (Å²) in [6, 6.07) is 10.2. The van der Waals surface area contributed by atoms with E-state index in [1.165, 1.54) is 82.6 Å². The van der Waals surface area contributed by atoms with E-state index < -0.39 is 0 Å². The van der Waals surface area contributed by atoms with E-state index in [0.717, 1.165) is 12.0 Å². The van der Waals surface area contributed by atoms with Gasteiger partial charge in [0.1, 0.15) is 0 Å². The highest BCUT2D eigenvalue weighted by atomic mass is 14.2. The third-order valence-electron chi connectivity index (χ3n) is 4.40. The lowest BCUT2D eigenvalue weighted by Crippen LogP contribution is -1.87. The van der Waals surface area contributed by atoms with E-state index in [9.17, 15) is 0 Å². The second-order valence-corrected chi connectivity index (χ2v) is 6.45. The number of benzene rings is 1. The number of unbranched alkanes of at least 4 members (excludes halogenated alkanes) is 11. The SMILES string of the molecule is CCCCCCCCCCCCCCc1ccc(C#N)cc1. The summed E-state index contributed by atoms with van der Waals surface area (Å²) < 4.78 is 0. The van der Waals surface area contributed by atoms with Crippen LogP contribution in [0.4, 0.5) is 0 Å². The van der Waals surface area contributed by atoms with Crippen molar-refractivity contribution < 1.29 is 0 Å². The summed E-state index contributed by atoms with van der Waals surface area (Å²) >= 11 is 0. The van der Waals surface area contributed by atoms with Crippen molar-refractivity contribution in [1.29, 1.82) is 5.26 Å². The molecule has 0 atom stereocenters. The van der Waals surface area contributed by atoms with Crippen LogP contribution in [-0.2, 0) is 6.42 Å². The predicted octanol–water partition coefficient (Wildman–Crippen LogP) is 6.80. The van der Waals surface area contributed by atoms with E-state index >= 15 is 0 Å².